The maximum atomic E-state index is 13.5. The Morgan fingerprint density at radius 3 is 2.74 bits per heavy atom. The zero-order valence-corrected chi connectivity index (χ0v) is 19.2. The number of nitriles is 1. The summed E-state index contributed by atoms with van der Waals surface area (Å²) in [6, 6.07) is 8.70. The Morgan fingerprint density at radius 1 is 1.29 bits per heavy atom. The summed E-state index contributed by atoms with van der Waals surface area (Å²) in [6.07, 6.45) is 0.417. The van der Waals surface area contributed by atoms with Gasteiger partial charge in [0.05, 0.1) is 24.7 Å². The second-order valence-electron chi connectivity index (χ2n) is 7.91. The number of amides is 1. The third-order valence-electron chi connectivity index (χ3n) is 5.67. The lowest BCUT2D eigenvalue weighted by Crippen LogP contribution is -2.48. The van der Waals surface area contributed by atoms with Gasteiger partial charge >= 0.3 is 6.09 Å². The van der Waals surface area contributed by atoms with Crippen LogP contribution in [0.3, 0.4) is 0 Å². The van der Waals surface area contributed by atoms with Crippen molar-refractivity contribution in [2.24, 2.45) is 0 Å². The van der Waals surface area contributed by atoms with Crippen LogP contribution in [0.5, 0.6) is 0 Å². The molecule has 1 atom stereocenters. The lowest BCUT2D eigenvalue weighted by atomic mass is 10.1. The maximum Gasteiger partial charge on any atom is 0.404 e. The number of aromatic nitrogens is 4. The Balaban J connectivity index is 1.78. The molecule has 1 aliphatic heterocycles. The number of hydrogen-bond acceptors (Lipinski definition) is 6. The fourth-order valence-electron chi connectivity index (χ4n) is 4.08. The topological polar surface area (TPSA) is 129 Å². The summed E-state index contributed by atoms with van der Waals surface area (Å²) in [5.74, 6) is 6.34. The smallest absolute Gasteiger partial charge is 0.404 e. The minimum Gasteiger partial charge on any atom is -0.465 e. The monoisotopic (exact) mass is 479 g/mol. The fourth-order valence-corrected chi connectivity index (χ4v) is 4.30. The van der Waals surface area contributed by atoms with E-state index in [1.165, 1.54) is 4.57 Å². The van der Waals surface area contributed by atoms with E-state index in [-0.39, 0.29) is 41.1 Å². The highest BCUT2D eigenvalue weighted by molar-refractivity contribution is 6.28. The zero-order chi connectivity index (χ0) is 24.2. The molecule has 2 N–H and O–H groups in total. The number of rotatable bonds is 5. The lowest BCUT2D eigenvalue weighted by molar-refractivity contribution is 0.188. The van der Waals surface area contributed by atoms with Gasteiger partial charge < -0.3 is 15.3 Å². The van der Waals surface area contributed by atoms with Crippen LogP contribution >= 0.6 is 11.6 Å². The predicted molar refractivity (Wildman–Crippen MR) is 127 cm³/mol. The normalized spacial score (nSPS) is 15.4. The molecule has 11 heteroatoms. The first-order valence-corrected chi connectivity index (χ1v) is 11.1. The van der Waals surface area contributed by atoms with Gasteiger partial charge in [-0.25, -0.2) is 4.79 Å². The summed E-state index contributed by atoms with van der Waals surface area (Å²) in [5, 5.41) is 20.6. The van der Waals surface area contributed by atoms with E-state index in [2.05, 4.69) is 33.2 Å². The number of piperidine rings is 1. The van der Waals surface area contributed by atoms with Gasteiger partial charge in [-0.05, 0) is 49.1 Å². The van der Waals surface area contributed by atoms with Gasteiger partial charge in [0.2, 0.25) is 11.2 Å². The SMILES string of the molecule is CC#CCn1c(N2CCCC(NC(=O)O)C2)nc2nc(Cl)n(Cc3ccc(C#N)cc3)c(=O)c21. The second kappa shape index (κ2) is 9.86. The van der Waals surface area contributed by atoms with Crippen LogP contribution in [0, 0.1) is 23.2 Å². The second-order valence-corrected chi connectivity index (χ2v) is 8.25. The average molecular weight is 480 g/mol. The minimum absolute atomic E-state index is 0.00343. The summed E-state index contributed by atoms with van der Waals surface area (Å²) in [6.45, 7) is 3.20. The van der Waals surface area contributed by atoms with E-state index in [1.807, 2.05) is 4.90 Å². The Hall–Kier alpha value is -4.02. The van der Waals surface area contributed by atoms with Crippen LogP contribution < -0.4 is 15.8 Å². The van der Waals surface area contributed by atoms with Crippen LogP contribution in [0.4, 0.5) is 10.7 Å². The number of fused-ring (bicyclic) bond motifs is 1. The Bertz CT molecular complexity index is 1390. The molecule has 0 saturated carbocycles. The maximum absolute atomic E-state index is 13.5. The van der Waals surface area contributed by atoms with Crippen molar-refractivity contribution in [1.82, 2.24) is 24.4 Å². The number of halogens is 1. The molecule has 3 heterocycles. The van der Waals surface area contributed by atoms with Gasteiger partial charge in [-0.2, -0.15) is 15.2 Å². The highest BCUT2D eigenvalue weighted by Crippen LogP contribution is 2.24. The Kier molecular flexibility index (Phi) is 6.71. The van der Waals surface area contributed by atoms with E-state index >= 15 is 0 Å². The van der Waals surface area contributed by atoms with Gasteiger partial charge in [0.1, 0.15) is 0 Å². The first-order chi connectivity index (χ1) is 16.4. The molecule has 174 valence electrons. The summed E-state index contributed by atoms with van der Waals surface area (Å²) < 4.78 is 3.08. The van der Waals surface area contributed by atoms with Gasteiger partial charge in [0, 0.05) is 19.1 Å². The quantitative estimate of drug-likeness (QED) is 0.424. The van der Waals surface area contributed by atoms with Crippen LogP contribution in [-0.2, 0) is 13.1 Å². The van der Waals surface area contributed by atoms with Crippen molar-refractivity contribution in [3.63, 3.8) is 0 Å². The number of nitrogens with one attached hydrogen (secondary N) is 1. The van der Waals surface area contributed by atoms with Crippen LogP contribution in [0.25, 0.3) is 11.2 Å². The highest BCUT2D eigenvalue weighted by Gasteiger charge is 2.27. The van der Waals surface area contributed by atoms with Crippen molar-refractivity contribution < 1.29 is 9.90 Å². The average Bonchev–Trinajstić information content (AvgIpc) is 3.18. The third-order valence-corrected chi connectivity index (χ3v) is 5.96. The summed E-state index contributed by atoms with van der Waals surface area (Å²) >= 11 is 6.38. The van der Waals surface area contributed by atoms with Crippen LogP contribution in [-0.4, -0.2) is 49.4 Å². The van der Waals surface area contributed by atoms with Crippen LogP contribution in [0.15, 0.2) is 29.1 Å². The van der Waals surface area contributed by atoms with Crippen LogP contribution in [0.2, 0.25) is 5.28 Å². The molecule has 1 amide bonds. The number of nitrogens with zero attached hydrogens (tertiary/aromatic N) is 6. The van der Waals surface area contributed by atoms with Gasteiger partial charge in [-0.15, -0.1) is 5.92 Å². The van der Waals surface area contributed by atoms with E-state index in [1.54, 1.807) is 35.8 Å². The first-order valence-electron chi connectivity index (χ1n) is 10.7. The predicted octanol–water partition coefficient (Wildman–Crippen LogP) is 2.43. The van der Waals surface area contributed by atoms with Gasteiger partial charge in [0.15, 0.2) is 11.2 Å². The molecule has 2 aromatic heterocycles. The molecule has 4 rings (SSSR count). The molecular formula is C23H22ClN7O3. The Labute approximate surface area is 200 Å². The number of anilines is 1. The number of benzene rings is 1. The molecule has 1 aromatic carbocycles. The summed E-state index contributed by atoms with van der Waals surface area (Å²) in [4.78, 5) is 35.6. The number of carboxylic acid groups (broad SMARTS) is 1. The van der Waals surface area contributed by atoms with Crippen molar-refractivity contribution in [3.8, 4) is 17.9 Å². The van der Waals surface area contributed by atoms with Gasteiger partial charge in [-0.1, -0.05) is 18.1 Å². The molecule has 0 bridgehead atoms. The van der Waals surface area contributed by atoms with E-state index in [9.17, 15) is 9.59 Å². The molecule has 1 fully saturated rings. The molecular weight excluding hydrogens is 458 g/mol. The van der Waals surface area contributed by atoms with Gasteiger partial charge in [-0.3, -0.25) is 13.9 Å². The molecule has 1 unspecified atom stereocenters. The first kappa shape index (κ1) is 23.1. The molecule has 0 aliphatic carbocycles. The van der Waals surface area contributed by atoms with Crippen molar-refractivity contribution in [3.05, 3.63) is 51.0 Å². The molecule has 1 saturated heterocycles. The van der Waals surface area contributed by atoms with Gasteiger partial charge in [0.25, 0.3) is 5.56 Å². The van der Waals surface area contributed by atoms with E-state index in [4.69, 9.17) is 22.0 Å². The Morgan fingerprint density at radius 2 is 2.06 bits per heavy atom. The molecule has 34 heavy (non-hydrogen) atoms. The summed E-state index contributed by atoms with van der Waals surface area (Å²) in [5.41, 5.74) is 1.46. The molecule has 0 radical (unpaired) electrons. The van der Waals surface area contributed by atoms with Crippen molar-refractivity contribution in [2.75, 3.05) is 18.0 Å². The lowest BCUT2D eigenvalue weighted by Gasteiger charge is -2.33. The molecule has 1 aliphatic rings. The number of imidazole rings is 1. The highest BCUT2D eigenvalue weighted by atomic mass is 35.5. The van der Waals surface area contributed by atoms with Crippen LogP contribution in [0.1, 0.15) is 30.9 Å². The minimum atomic E-state index is -1.07. The van der Waals surface area contributed by atoms with Crippen molar-refractivity contribution in [1.29, 1.82) is 5.26 Å². The van der Waals surface area contributed by atoms with E-state index in [0.29, 0.717) is 24.6 Å². The largest absolute Gasteiger partial charge is 0.465 e. The zero-order valence-electron chi connectivity index (χ0n) is 18.5. The number of carbonyl (C=O) groups is 1. The van der Waals surface area contributed by atoms with E-state index < -0.39 is 6.09 Å². The van der Waals surface area contributed by atoms with E-state index in [0.717, 1.165) is 18.4 Å². The number of hydrogen-bond donors (Lipinski definition) is 2. The fraction of sp³-hybridized carbons (Fsp3) is 0.348. The van der Waals surface area contributed by atoms with Crippen molar-refractivity contribution in [2.45, 2.75) is 38.9 Å². The molecule has 0 spiro atoms. The standard InChI is InChI=1S/C23H22ClN7O3/c1-2-3-11-30-18-19(28-22(30)29-10-4-5-17(14-29)26-23(33)34)27-21(24)31(20(18)32)13-16-8-6-15(12-25)7-9-16/h6-9,17,26H,4-5,10-11,13-14H2,1H3,(H,33,34). The molecule has 3 aromatic rings. The van der Waals surface area contributed by atoms with Crippen molar-refractivity contribution >= 4 is 34.8 Å². The summed E-state index contributed by atoms with van der Waals surface area (Å²) in [7, 11) is 0. The third kappa shape index (κ3) is 4.68. The molecule has 10 nitrogen and oxygen atoms in total.